The highest BCUT2D eigenvalue weighted by atomic mass is 79.9. The van der Waals surface area contributed by atoms with E-state index >= 15 is 0 Å². The second-order valence-corrected chi connectivity index (χ2v) is 10.6. The van der Waals surface area contributed by atoms with Gasteiger partial charge in [-0.15, -0.1) is 11.3 Å². The molecule has 0 atom stereocenters. The van der Waals surface area contributed by atoms with E-state index in [1.54, 1.807) is 17.6 Å². The van der Waals surface area contributed by atoms with Crippen LogP contribution in [0.4, 0.5) is 0 Å². The lowest BCUT2D eigenvalue weighted by Gasteiger charge is -2.14. The zero-order valence-electron chi connectivity index (χ0n) is 19.1. The first-order valence-corrected chi connectivity index (χ1v) is 13.4. The maximum absolute atomic E-state index is 13.2. The number of rotatable bonds is 7. The van der Waals surface area contributed by atoms with Gasteiger partial charge in [-0.3, -0.25) is 4.79 Å². The number of aromatic nitrogens is 2. The van der Waals surface area contributed by atoms with Crippen molar-refractivity contribution in [2.24, 2.45) is 5.10 Å². The Balaban J connectivity index is 1.42. The van der Waals surface area contributed by atoms with Gasteiger partial charge in [0.1, 0.15) is 17.8 Å². The molecule has 0 aliphatic heterocycles. The third-order valence-corrected chi connectivity index (χ3v) is 7.86. The standard InChI is InChI=1S/C26H23BrClN3O3S/c1-2-33-21-12-17(11-20(27)24(21)34-14-16-7-9-18(28)10-8-16)13-30-31-15-29-25-23(26(31)32)19-5-3-4-6-22(19)35-25/h7-13,15H,2-6,14H2,1H3. The number of hydrogen-bond acceptors (Lipinski definition) is 6. The molecule has 6 nitrogen and oxygen atoms in total. The molecule has 2 heterocycles. The van der Waals surface area contributed by atoms with E-state index in [0.29, 0.717) is 35.1 Å². The number of ether oxygens (including phenoxy) is 2. The van der Waals surface area contributed by atoms with E-state index in [-0.39, 0.29) is 5.56 Å². The normalized spacial score (nSPS) is 13.3. The Labute approximate surface area is 220 Å². The Morgan fingerprint density at radius 2 is 2.00 bits per heavy atom. The van der Waals surface area contributed by atoms with Crippen LogP contribution in [-0.2, 0) is 19.4 Å². The van der Waals surface area contributed by atoms with Gasteiger partial charge >= 0.3 is 0 Å². The van der Waals surface area contributed by atoms with Crippen LogP contribution >= 0.6 is 38.9 Å². The van der Waals surface area contributed by atoms with Crippen LogP contribution in [0, 0.1) is 0 Å². The minimum Gasteiger partial charge on any atom is -0.490 e. The van der Waals surface area contributed by atoms with Crippen LogP contribution in [0.2, 0.25) is 5.02 Å². The van der Waals surface area contributed by atoms with Crippen molar-refractivity contribution in [3.8, 4) is 11.5 Å². The number of halogens is 2. The van der Waals surface area contributed by atoms with Crippen molar-refractivity contribution in [2.75, 3.05) is 6.61 Å². The number of thiophene rings is 1. The molecule has 180 valence electrons. The van der Waals surface area contributed by atoms with Crippen molar-refractivity contribution in [1.82, 2.24) is 9.66 Å². The van der Waals surface area contributed by atoms with Crippen molar-refractivity contribution in [1.29, 1.82) is 0 Å². The van der Waals surface area contributed by atoms with Crippen LogP contribution < -0.4 is 15.0 Å². The van der Waals surface area contributed by atoms with Crippen LogP contribution in [-0.4, -0.2) is 22.5 Å². The molecule has 0 N–H and O–H groups in total. The van der Waals surface area contributed by atoms with E-state index in [1.807, 2.05) is 43.3 Å². The van der Waals surface area contributed by atoms with Gasteiger partial charge < -0.3 is 9.47 Å². The van der Waals surface area contributed by atoms with Gasteiger partial charge in [0.25, 0.3) is 5.56 Å². The van der Waals surface area contributed by atoms with E-state index in [4.69, 9.17) is 21.1 Å². The molecular weight excluding hydrogens is 550 g/mol. The van der Waals surface area contributed by atoms with Crippen LogP contribution in [0.1, 0.15) is 41.3 Å². The van der Waals surface area contributed by atoms with Crippen molar-refractivity contribution in [2.45, 2.75) is 39.2 Å². The predicted octanol–water partition coefficient (Wildman–Crippen LogP) is 6.61. The molecule has 2 aromatic heterocycles. The van der Waals surface area contributed by atoms with Gasteiger partial charge in [-0.2, -0.15) is 9.78 Å². The van der Waals surface area contributed by atoms with Crippen LogP contribution in [0.25, 0.3) is 10.2 Å². The van der Waals surface area contributed by atoms with Gasteiger partial charge in [0.05, 0.1) is 22.7 Å². The van der Waals surface area contributed by atoms with Gasteiger partial charge in [0.2, 0.25) is 0 Å². The number of fused-ring (bicyclic) bond motifs is 3. The van der Waals surface area contributed by atoms with Gasteiger partial charge in [0.15, 0.2) is 11.5 Å². The van der Waals surface area contributed by atoms with E-state index in [0.717, 1.165) is 45.3 Å². The van der Waals surface area contributed by atoms with E-state index in [2.05, 4.69) is 26.0 Å². The summed E-state index contributed by atoms with van der Waals surface area (Å²) >= 11 is 11.2. The highest BCUT2D eigenvalue weighted by Gasteiger charge is 2.20. The number of hydrogen-bond donors (Lipinski definition) is 0. The average molecular weight is 573 g/mol. The minimum atomic E-state index is -0.127. The molecule has 0 unspecified atom stereocenters. The summed E-state index contributed by atoms with van der Waals surface area (Å²) in [6, 6.07) is 11.2. The summed E-state index contributed by atoms with van der Waals surface area (Å²) in [6.07, 6.45) is 7.36. The molecule has 0 spiro atoms. The van der Waals surface area contributed by atoms with Crippen molar-refractivity contribution >= 4 is 55.3 Å². The van der Waals surface area contributed by atoms with Gasteiger partial charge in [-0.05, 0) is 89.5 Å². The third kappa shape index (κ3) is 5.15. The van der Waals surface area contributed by atoms with Gasteiger partial charge in [-0.25, -0.2) is 4.98 Å². The molecule has 35 heavy (non-hydrogen) atoms. The topological polar surface area (TPSA) is 65.7 Å². The number of benzene rings is 2. The predicted molar refractivity (Wildman–Crippen MR) is 145 cm³/mol. The minimum absolute atomic E-state index is 0.127. The summed E-state index contributed by atoms with van der Waals surface area (Å²) < 4.78 is 13.9. The molecule has 9 heteroatoms. The van der Waals surface area contributed by atoms with Crippen LogP contribution in [0.3, 0.4) is 0 Å². The van der Waals surface area contributed by atoms with E-state index in [9.17, 15) is 4.79 Å². The quantitative estimate of drug-likeness (QED) is 0.234. The number of nitrogens with zero attached hydrogens (tertiary/aromatic N) is 3. The van der Waals surface area contributed by atoms with Crippen molar-refractivity contribution in [3.63, 3.8) is 0 Å². The van der Waals surface area contributed by atoms with Crippen LogP contribution in [0.5, 0.6) is 11.5 Å². The summed E-state index contributed by atoms with van der Waals surface area (Å²) in [5.74, 6) is 1.19. The largest absolute Gasteiger partial charge is 0.490 e. The lowest BCUT2D eigenvalue weighted by molar-refractivity contribution is 0.267. The summed E-state index contributed by atoms with van der Waals surface area (Å²) in [4.78, 5) is 19.8. The fourth-order valence-corrected chi connectivity index (χ4v) is 6.07. The average Bonchev–Trinajstić information content (AvgIpc) is 3.24. The van der Waals surface area contributed by atoms with Crippen molar-refractivity contribution < 1.29 is 9.47 Å². The summed E-state index contributed by atoms with van der Waals surface area (Å²) in [7, 11) is 0. The Kier molecular flexibility index (Phi) is 7.22. The molecule has 0 radical (unpaired) electrons. The maximum Gasteiger partial charge on any atom is 0.282 e. The summed E-state index contributed by atoms with van der Waals surface area (Å²) in [5.41, 5.74) is 2.78. The molecule has 0 fully saturated rings. The molecule has 4 aromatic rings. The van der Waals surface area contributed by atoms with E-state index < -0.39 is 0 Å². The fraction of sp³-hybridized carbons (Fsp3) is 0.269. The van der Waals surface area contributed by atoms with Gasteiger partial charge in [-0.1, -0.05) is 23.7 Å². The first-order chi connectivity index (χ1) is 17.0. The fourth-order valence-electron chi connectivity index (χ4n) is 4.15. The zero-order chi connectivity index (χ0) is 24.4. The number of aryl methyl sites for hydroxylation is 2. The Hall–Kier alpha value is -2.68. The Morgan fingerprint density at radius 1 is 1.20 bits per heavy atom. The molecular formula is C26H23BrClN3O3S. The third-order valence-electron chi connectivity index (χ3n) is 5.82. The second kappa shape index (κ2) is 10.5. The Morgan fingerprint density at radius 3 is 2.80 bits per heavy atom. The lowest BCUT2D eigenvalue weighted by atomic mass is 9.97. The lowest BCUT2D eigenvalue weighted by Crippen LogP contribution is -2.18. The molecule has 0 amide bonds. The molecule has 1 aliphatic carbocycles. The molecule has 2 aromatic carbocycles. The summed E-state index contributed by atoms with van der Waals surface area (Å²) in [5, 5.41) is 5.82. The first kappa shape index (κ1) is 24.0. The van der Waals surface area contributed by atoms with Crippen molar-refractivity contribution in [3.05, 3.63) is 84.1 Å². The monoisotopic (exact) mass is 571 g/mol. The maximum atomic E-state index is 13.2. The Bertz CT molecular complexity index is 1460. The highest BCUT2D eigenvalue weighted by Crippen LogP contribution is 2.37. The highest BCUT2D eigenvalue weighted by molar-refractivity contribution is 9.10. The molecule has 0 saturated carbocycles. The molecule has 5 rings (SSSR count). The van der Waals surface area contributed by atoms with E-state index in [1.165, 1.54) is 22.3 Å². The summed E-state index contributed by atoms with van der Waals surface area (Å²) in [6.45, 7) is 2.77. The van der Waals surface area contributed by atoms with Gasteiger partial charge in [0, 0.05) is 9.90 Å². The molecule has 0 saturated heterocycles. The van der Waals surface area contributed by atoms with Crippen LogP contribution in [0.15, 0.2) is 57.1 Å². The first-order valence-electron chi connectivity index (χ1n) is 11.4. The zero-order valence-corrected chi connectivity index (χ0v) is 22.3. The second-order valence-electron chi connectivity index (χ2n) is 8.21. The molecule has 0 bridgehead atoms. The smallest absolute Gasteiger partial charge is 0.282 e. The SMILES string of the molecule is CCOc1cc(C=Nn2cnc3sc4c(c3c2=O)CCCC4)cc(Br)c1OCc1ccc(Cl)cc1. The molecule has 1 aliphatic rings.